The predicted molar refractivity (Wildman–Crippen MR) is 76.5 cm³/mol. The van der Waals surface area contributed by atoms with Crippen molar-refractivity contribution < 1.29 is 0 Å². The molecular weight excluding hydrogens is 244 g/mol. The first kappa shape index (κ1) is 11.7. The van der Waals surface area contributed by atoms with Crippen molar-refractivity contribution in [2.75, 3.05) is 18.0 Å². The standard InChI is InChI=1S/C14H16N2OS/c1-10-5-4-8-16(9-10)14-15-13(17)11-6-2-3-7-12(11)18-14/h2-3,6-7,10H,4-5,8-9H2,1H3. The van der Waals surface area contributed by atoms with Crippen LogP contribution in [0.5, 0.6) is 0 Å². The van der Waals surface area contributed by atoms with Gasteiger partial charge in [0, 0.05) is 17.8 Å². The van der Waals surface area contributed by atoms with Crippen LogP contribution in [0.4, 0.5) is 5.13 Å². The zero-order chi connectivity index (χ0) is 12.5. The van der Waals surface area contributed by atoms with Crippen molar-refractivity contribution in [3.8, 4) is 0 Å². The molecule has 3 rings (SSSR count). The lowest BCUT2D eigenvalue weighted by atomic mass is 10.0. The fourth-order valence-electron chi connectivity index (χ4n) is 2.50. The Morgan fingerprint density at radius 3 is 3.06 bits per heavy atom. The molecule has 1 aliphatic heterocycles. The summed E-state index contributed by atoms with van der Waals surface area (Å²) in [6.45, 7) is 4.29. The molecule has 1 saturated heterocycles. The molecule has 1 atom stereocenters. The first-order valence-electron chi connectivity index (χ1n) is 6.39. The van der Waals surface area contributed by atoms with Crippen LogP contribution in [0.25, 0.3) is 10.1 Å². The number of piperidine rings is 1. The molecule has 0 aliphatic carbocycles. The van der Waals surface area contributed by atoms with Crippen molar-refractivity contribution in [2.24, 2.45) is 5.92 Å². The van der Waals surface area contributed by atoms with E-state index in [9.17, 15) is 4.79 Å². The molecule has 0 N–H and O–H groups in total. The summed E-state index contributed by atoms with van der Waals surface area (Å²) < 4.78 is 1.03. The van der Waals surface area contributed by atoms with Crippen LogP contribution in [0, 0.1) is 5.92 Å². The van der Waals surface area contributed by atoms with Crippen molar-refractivity contribution in [3.05, 3.63) is 34.6 Å². The molecule has 0 spiro atoms. The zero-order valence-electron chi connectivity index (χ0n) is 10.4. The second-order valence-corrected chi connectivity index (χ2v) is 6.00. The Morgan fingerprint density at radius 2 is 2.22 bits per heavy atom. The van der Waals surface area contributed by atoms with E-state index in [4.69, 9.17) is 0 Å². The van der Waals surface area contributed by atoms with E-state index in [-0.39, 0.29) is 5.56 Å². The maximum Gasteiger partial charge on any atom is 0.281 e. The molecule has 1 aromatic carbocycles. The first-order valence-corrected chi connectivity index (χ1v) is 7.20. The molecule has 1 aliphatic rings. The highest BCUT2D eigenvalue weighted by Gasteiger charge is 2.19. The van der Waals surface area contributed by atoms with E-state index >= 15 is 0 Å². The van der Waals surface area contributed by atoms with Gasteiger partial charge in [-0.25, -0.2) is 0 Å². The fourth-order valence-corrected chi connectivity index (χ4v) is 3.53. The van der Waals surface area contributed by atoms with Crippen LogP contribution in [0.15, 0.2) is 29.1 Å². The van der Waals surface area contributed by atoms with E-state index < -0.39 is 0 Å². The van der Waals surface area contributed by atoms with Gasteiger partial charge in [-0.1, -0.05) is 30.4 Å². The van der Waals surface area contributed by atoms with Crippen LogP contribution in [-0.2, 0) is 0 Å². The topological polar surface area (TPSA) is 33.2 Å². The minimum Gasteiger partial charge on any atom is -0.348 e. The number of anilines is 1. The van der Waals surface area contributed by atoms with Crippen molar-refractivity contribution in [2.45, 2.75) is 19.8 Å². The van der Waals surface area contributed by atoms with Gasteiger partial charge in [-0.3, -0.25) is 4.79 Å². The van der Waals surface area contributed by atoms with Gasteiger partial charge in [-0.2, -0.15) is 4.98 Å². The summed E-state index contributed by atoms with van der Waals surface area (Å²) in [5.74, 6) is 0.689. The molecule has 1 aromatic heterocycles. The fraction of sp³-hybridized carbons (Fsp3) is 0.429. The molecule has 18 heavy (non-hydrogen) atoms. The Kier molecular flexibility index (Phi) is 3.04. The Labute approximate surface area is 110 Å². The molecule has 94 valence electrons. The Balaban J connectivity index is 2.04. The average molecular weight is 260 g/mol. The number of hydrogen-bond acceptors (Lipinski definition) is 4. The Hall–Kier alpha value is -1.42. The molecule has 2 heterocycles. The molecule has 0 bridgehead atoms. The zero-order valence-corrected chi connectivity index (χ0v) is 11.2. The molecule has 0 amide bonds. The first-order chi connectivity index (χ1) is 8.74. The van der Waals surface area contributed by atoms with Crippen molar-refractivity contribution in [1.29, 1.82) is 0 Å². The van der Waals surface area contributed by atoms with Gasteiger partial charge in [-0.05, 0) is 30.9 Å². The lowest BCUT2D eigenvalue weighted by Gasteiger charge is -2.31. The van der Waals surface area contributed by atoms with E-state index in [1.54, 1.807) is 11.3 Å². The van der Waals surface area contributed by atoms with Crippen LogP contribution < -0.4 is 10.5 Å². The highest BCUT2D eigenvalue weighted by Crippen LogP contribution is 2.27. The Morgan fingerprint density at radius 1 is 1.39 bits per heavy atom. The van der Waals surface area contributed by atoms with Crippen molar-refractivity contribution in [1.82, 2.24) is 4.98 Å². The van der Waals surface area contributed by atoms with E-state index in [2.05, 4.69) is 16.8 Å². The monoisotopic (exact) mass is 260 g/mol. The van der Waals surface area contributed by atoms with Crippen LogP contribution in [0.2, 0.25) is 0 Å². The molecule has 1 fully saturated rings. The Bertz CT molecular complexity index is 622. The number of fused-ring (bicyclic) bond motifs is 1. The van der Waals surface area contributed by atoms with Gasteiger partial charge in [0.15, 0.2) is 5.13 Å². The summed E-state index contributed by atoms with van der Waals surface area (Å²) in [6.07, 6.45) is 2.47. The van der Waals surface area contributed by atoms with E-state index in [0.717, 1.165) is 28.3 Å². The number of nitrogens with zero attached hydrogens (tertiary/aromatic N) is 2. The molecule has 0 radical (unpaired) electrons. The van der Waals surface area contributed by atoms with Crippen molar-refractivity contribution >= 4 is 26.6 Å². The molecule has 0 saturated carbocycles. The van der Waals surface area contributed by atoms with Gasteiger partial charge in [-0.15, -0.1) is 0 Å². The van der Waals surface area contributed by atoms with Crippen LogP contribution in [-0.4, -0.2) is 18.1 Å². The summed E-state index contributed by atoms with van der Waals surface area (Å²) in [4.78, 5) is 18.5. The third-order valence-corrected chi connectivity index (χ3v) is 4.55. The molecule has 2 aromatic rings. The summed E-state index contributed by atoms with van der Waals surface area (Å²) in [7, 11) is 0. The maximum atomic E-state index is 12.0. The van der Waals surface area contributed by atoms with Crippen LogP contribution in [0.1, 0.15) is 19.8 Å². The minimum atomic E-state index is -0.0995. The number of hydrogen-bond donors (Lipinski definition) is 0. The smallest absolute Gasteiger partial charge is 0.281 e. The molecule has 1 unspecified atom stereocenters. The van der Waals surface area contributed by atoms with Crippen LogP contribution in [0.3, 0.4) is 0 Å². The van der Waals surface area contributed by atoms with Gasteiger partial charge in [0.05, 0.1) is 5.39 Å². The maximum absolute atomic E-state index is 12.0. The van der Waals surface area contributed by atoms with Crippen molar-refractivity contribution in [3.63, 3.8) is 0 Å². The van der Waals surface area contributed by atoms with Gasteiger partial charge in [0.2, 0.25) is 0 Å². The molecule has 3 nitrogen and oxygen atoms in total. The quantitative estimate of drug-likeness (QED) is 0.790. The SMILES string of the molecule is CC1CCCN(c2nc(=O)c3ccccc3s2)C1. The normalized spacial score (nSPS) is 20.3. The second kappa shape index (κ2) is 4.69. The van der Waals surface area contributed by atoms with Gasteiger partial charge >= 0.3 is 0 Å². The minimum absolute atomic E-state index is 0.0995. The number of rotatable bonds is 1. The van der Waals surface area contributed by atoms with E-state index in [1.165, 1.54) is 12.8 Å². The van der Waals surface area contributed by atoms with E-state index in [0.29, 0.717) is 5.92 Å². The number of aromatic nitrogens is 1. The van der Waals surface area contributed by atoms with Gasteiger partial charge < -0.3 is 4.90 Å². The lowest BCUT2D eigenvalue weighted by Crippen LogP contribution is -2.35. The summed E-state index contributed by atoms with van der Waals surface area (Å²) in [6, 6.07) is 7.71. The largest absolute Gasteiger partial charge is 0.348 e. The molecular formula is C14H16N2OS. The van der Waals surface area contributed by atoms with Gasteiger partial charge in [0.25, 0.3) is 5.56 Å². The summed E-state index contributed by atoms with van der Waals surface area (Å²) >= 11 is 1.62. The summed E-state index contributed by atoms with van der Waals surface area (Å²) in [5.41, 5.74) is -0.0995. The average Bonchev–Trinajstić information content (AvgIpc) is 2.39. The van der Waals surface area contributed by atoms with Crippen LogP contribution >= 0.6 is 11.3 Å². The second-order valence-electron chi connectivity index (χ2n) is 4.99. The lowest BCUT2D eigenvalue weighted by molar-refractivity contribution is 0.446. The highest BCUT2D eigenvalue weighted by atomic mass is 32.1. The van der Waals surface area contributed by atoms with Gasteiger partial charge in [0.1, 0.15) is 0 Å². The third-order valence-electron chi connectivity index (χ3n) is 3.44. The predicted octanol–water partition coefficient (Wildman–Crippen LogP) is 2.89. The summed E-state index contributed by atoms with van der Waals surface area (Å²) in [5, 5.41) is 1.61. The third kappa shape index (κ3) is 2.12. The molecule has 4 heteroatoms. The van der Waals surface area contributed by atoms with E-state index in [1.807, 2.05) is 24.3 Å². The number of benzene rings is 1. The highest BCUT2D eigenvalue weighted by molar-refractivity contribution is 7.21.